The predicted octanol–water partition coefficient (Wildman–Crippen LogP) is 3.43. The summed E-state index contributed by atoms with van der Waals surface area (Å²) in [5.74, 6) is 1.50. The lowest BCUT2D eigenvalue weighted by Gasteiger charge is -2.13. The molecule has 0 radical (unpaired) electrons. The molecule has 2 aromatic heterocycles. The third-order valence-electron chi connectivity index (χ3n) is 5.57. The molecule has 4 rings (SSSR count). The maximum absolute atomic E-state index is 13.6. The molecule has 0 unspecified atom stereocenters. The van der Waals surface area contributed by atoms with Gasteiger partial charge in [-0.25, -0.2) is 4.98 Å². The molecule has 1 aliphatic rings. The second-order valence-electron chi connectivity index (χ2n) is 7.57. The number of nitrogens with zero attached hydrogens (tertiary/aromatic N) is 2. The number of aryl methyl sites for hydroxylation is 3. The number of carbonyl (C=O) groups excluding carboxylic acids is 1. The summed E-state index contributed by atoms with van der Waals surface area (Å²) in [6, 6.07) is 5.77. The van der Waals surface area contributed by atoms with Gasteiger partial charge in [0.05, 0.1) is 25.4 Å². The van der Waals surface area contributed by atoms with Gasteiger partial charge in [0.2, 0.25) is 5.91 Å². The Kier molecular flexibility index (Phi) is 7.05. The van der Waals surface area contributed by atoms with E-state index in [1.807, 2.05) is 25.1 Å². The van der Waals surface area contributed by atoms with Gasteiger partial charge in [-0.05, 0) is 55.9 Å². The highest BCUT2D eigenvalue weighted by Crippen LogP contribution is 2.35. The number of rotatable bonds is 9. The normalized spacial score (nSPS) is 12.7. The van der Waals surface area contributed by atoms with E-state index in [4.69, 9.17) is 14.5 Å². The quantitative estimate of drug-likeness (QED) is 0.379. The highest BCUT2D eigenvalue weighted by molar-refractivity contribution is 7.99. The number of benzene rings is 1. The first-order valence-electron chi connectivity index (χ1n) is 10.7. The maximum atomic E-state index is 13.6. The highest BCUT2D eigenvalue weighted by atomic mass is 32.2. The maximum Gasteiger partial charge on any atom is 0.263 e. The number of aromatic nitrogens is 2. The Morgan fingerprint density at radius 2 is 2.06 bits per heavy atom. The van der Waals surface area contributed by atoms with Crippen LogP contribution in [0.2, 0.25) is 0 Å². The van der Waals surface area contributed by atoms with Crippen LogP contribution in [0, 0.1) is 0 Å². The summed E-state index contributed by atoms with van der Waals surface area (Å²) >= 11 is 2.94. The number of hydrogen-bond acceptors (Lipinski definition) is 7. The molecule has 0 spiro atoms. The molecule has 0 saturated carbocycles. The third kappa shape index (κ3) is 4.49. The number of hydrogen-bond donors (Lipinski definition) is 1. The third-order valence-corrected chi connectivity index (χ3v) is 7.73. The second kappa shape index (κ2) is 9.95. The number of thiophene rings is 1. The average molecular weight is 474 g/mol. The fraction of sp³-hybridized carbons (Fsp3) is 0.435. The van der Waals surface area contributed by atoms with Crippen molar-refractivity contribution in [3.63, 3.8) is 0 Å². The van der Waals surface area contributed by atoms with E-state index in [9.17, 15) is 9.59 Å². The highest BCUT2D eigenvalue weighted by Gasteiger charge is 2.23. The lowest BCUT2D eigenvalue weighted by Crippen LogP contribution is -2.27. The largest absolute Gasteiger partial charge is 0.493 e. The Labute approximate surface area is 195 Å². The summed E-state index contributed by atoms with van der Waals surface area (Å²) in [5.41, 5.74) is 2.20. The molecule has 7 nitrogen and oxygen atoms in total. The van der Waals surface area contributed by atoms with E-state index >= 15 is 0 Å². The standard InChI is InChI=1S/C23H27N3O4S2/c1-4-24-19(27)13-31-23-25-21-20(15-6-5-7-18(15)32-21)22(28)26(23)11-10-14-8-9-16(29-2)17(12-14)30-3/h8-9,12H,4-7,10-11,13H2,1-3H3,(H,24,27). The number of fused-ring (bicyclic) bond motifs is 3. The molecule has 0 bridgehead atoms. The number of thioether (sulfide) groups is 1. The lowest BCUT2D eigenvalue weighted by molar-refractivity contribution is -0.118. The zero-order valence-electron chi connectivity index (χ0n) is 18.5. The van der Waals surface area contributed by atoms with Crippen LogP contribution in [0.5, 0.6) is 11.5 Å². The molecule has 9 heteroatoms. The minimum absolute atomic E-state index is 0.00623. The van der Waals surface area contributed by atoms with E-state index in [2.05, 4.69) is 5.32 Å². The van der Waals surface area contributed by atoms with Crippen LogP contribution in [0.3, 0.4) is 0 Å². The molecule has 32 heavy (non-hydrogen) atoms. The zero-order valence-corrected chi connectivity index (χ0v) is 20.2. The van der Waals surface area contributed by atoms with Gasteiger partial charge in [-0.2, -0.15) is 0 Å². The Balaban J connectivity index is 1.67. The first-order chi connectivity index (χ1) is 15.5. The van der Waals surface area contributed by atoms with Gasteiger partial charge in [0.1, 0.15) is 4.83 Å². The van der Waals surface area contributed by atoms with Gasteiger partial charge < -0.3 is 14.8 Å². The summed E-state index contributed by atoms with van der Waals surface area (Å²) in [6.07, 6.45) is 3.68. The molecule has 3 aromatic rings. The van der Waals surface area contributed by atoms with Crippen LogP contribution in [-0.2, 0) is 30.6 Å². The van der Waals surface area contributed by atoms with Crippen molar-refractivity contribution in [2.75, 3.05) is 26.5 Å². The van der Waals surface area contributed by atoms with E-state index in [0.29, 0.717) is 36.2 Å². The molecule has 1 N–H and O–H groups in total. The van der Waals surface area contributed by atoms with Gasteiger partial charge in [0.15, 0.2) is 16.7 Å². The molecule has 0 atom stereocenters. The number of nitrogens with one attached hydrogen (secondary N) is 1. The number of carbonyl (C=O) groups is 1. The SMILES string of the molecule is CCNC(=O)CSc1nc2sc3c(c2c(=O)n1CCc1ccc(OC)c(OC)c1)CCC3. The molecule has 170 valence electrons. The van der Waals surface area contributed by atoms with Gasteiger partial charge in [-0.15, -0.1) is 11.3 Å². The van der Waals surface area contributed by atoms with Crippen LogP contribution < -0.4 is 20.3 Å². The first-order valence-corrected chi connectivity index (χ1v) is 12.5. The Morgan fingerprint density at radius 1 is 1.25 bits per heavy atom. The van der Waals surface area contributed by atoms with Crippen LogP contribution in [0.1, 0.15) is 29.3 Å². The Bertz CT molecular complexity index is 1200. The molecular formula is C23H27N3O4S2. The average Bonchev–Trinajstić information content (AvgIpc) is 3.38. The van der Waals surface area contributed by atoms with Crippen molar-refractivity contribution in [2.45, 2.75) is 44.3 Å². The van der Waals surface area contributed by atoms with Gasteiger partial charge in [0, 0.05) is 18.0 Å². The molecular weight excluding hydrogens is 446 g/mol. The Hall–Kier alpha value is -2.52. The molecule has 1 amide bonds. The molecule has 0 saturated heterocycles. The van der Waals surface area contributed by atoms with E-state index in [1.54, 1.807) is 30.1 Å². The molecule has 0 fully saturated rings. The summed E-state index contributed by atoms with van der Waals surface area (Å²) in [4.78, 5) is 32.5. The monoisotopic (exact) mass is 473 g/mol. The molecule has 1 aromatic carbocycles. The topological polar surface area (TPSA) is 82.5 Å². The van der Waals surface area contributed by atoms with Crippen molar-refractivity contribution in [2.24, 2.45) is 0 Å². The number of amides is 1. The summed E-state index contributed by atoms with van der Waals surface area (Å²) in [7, 11) is 3.21. The summed E-state index contributed by atoms with van der Waals surface area (Å²) in [5, 5.41) is 4.15. The fourth-order valence-electron chi connectivity index (χ4n) is 4.02. The molecule has 0 aliphatic heterocycles. The van der Waals surface area contributed by atoms with Gasteiger partial charge in [-0.1, -0.05) is 17.8 Å². The molecule has 2 heterocycles. The predicted molar refractivity (Wildman–Crippen MR) is 129 cm³/mol. The van der Waals surface area contributed by atoms with Gasteiger partial charge in [-0.3, -0.25) is 14.2 Å². The van der Waals surface area contributed by atoms with Crippen LogP contribution in [0.4, 0.5) is 0 Å². The van der Waals surface area contributed by atoms with Crippen molar-refractivity contribution in [3.8, 4) is 11.5 Å². The lowest BCUT2D eigenvalue weighted by atomic mass is 10.1. The first kappa shape index (κ1) is 22.7. The minimum atomic E-state index is -0.0630. The smallest absolute Gasteiger partial charge is 0.263 e. The summed E-state index contributed by atoms with van der Waals surface area (Å²) in [6.45, 7) is 2.94. The Morgan fingerprint density at radius 3 is 2.81 bits per heavy atom. The molecule has 1 aliphatic carbocycles. The van der Waals surface area contributed by atoms with Crippen molar-refractivity contribution in [1.82, 2.24) is 14.9 Å². The van der Waals surface area contributed by atoms with Crippen molar-refractivity contribution >= 4 is 39.2 Å². The zero-order chi connectivity index (χ0) is 22.7. The van der Waals surface area contributed by atoms with Crippen LogP contribution >= 0.6 is 23.1 Å². The van der Waals surface area contributed by atoms with Crippen molar-refractivity contribution < 1.29 is 14.3 Å². The van der Waals surface area contributed by atoms with Crippen molar-refractivity contribution in [1.29, 1.82) is 0 Å². The van der Waals surface area contributed by atoms with Gasteiger partial charge in [0.25, 0.3) is 5.56 Å². The number of ether oxygens (including phenoxy) is 2. The van der Waals surface area contributed by atoms with Crippen LogP contribution in [-0.4, -0.2) is 42.0 Å². The van der Waals surface area contributed by atoms with Gasteiger partial charge >= 0.3 is 0 Å². The van der Waals surface area contributed by atoms with E-state index in [-0.39, 0.29) is 17.2 Å². The van der Waals surface area contributed by atoms with Crippen LogP contribution in [0.15, 0.2) is 28.2 Å². The van der Waals surface area contributed by atoms with E-state index < -0.39 is 0 Å². The van der Waals surface area contributed by atoms with Crippen molar-refractivity contribution in [3.05, 3.63) is 44.6 Å². The second-order valence-corrected chi connectivity index (χ2v) is 9.60. The summed E-state index contributed by atoms with van der Waals surface area (Å²) < 4.78 is 12.5. The van der Waals surface area contributed by atoms with Crippen LogP contribution in [0.25, 0.3) is 10.2 Å². The fourth-order valence-corrected chi connectivity index (χ4v) is 6.18. The minimum Gasteiger partial charge on any atom is -0.493 e. The number of methoxy groups -OCH3 is 2. The van der Waals surface area contributed by atoms with E-state index in [0.717, 1.165) is 35.0 Å². The van der Waals surface area contributed by atoms with E-state index in [1.165, 1.54) is 22.2 Å².